The number of hydrogen-bond acceptors (Lipinski definition) is 4. The van der Waals surface area contributed by atoms with Crippen LogP contribution in [0.4, 0.5) is 0 Å². The number of aromatic nitrogens is 2. The summed E-state index contributed by atoms with van der Waals surface area (Å²) in [6.07, 6.45) is 5.03. The van der Waals surface area contributed by atoms with Gasteiger partial charge in [0, 0.05) is 38.1 Å². The highest BCUT2D eigenvalue weighted by Crippen LogP contribution is 1.92. The van der Waals surface area contributed by atoms with E-state index in [1.165, 1.54) is 0 Å². The molecule has 0 saturated carbocycles. The lowest BCUT2D eigenvalue weighted by Gasteiger charge is -2.17. The second kappa shape index (κ2) is 7.38. The fraction of sp³-hybridized carbons (Fsp3) is 0.727. The summed E-state index contributed by atoms with van der Waals surface area (Å²) in [6.45, 7) is 6.43. The Morgan fingerprint density at radius 3 is 3.00 bits per heavy atom. The third-order valence-corrected chi connectivity index (χ3v) is 2.26. The number of rotatable bonds is 8. The zero-order valence-corrected chi connectivity index (χ0v) is 9.97. The molecule has 0 aliphatic heterocycles. The summed E-state index contributed by atoms with van der Waals surface area (Å²) in [4.78, 5) is 3.98. The maximum absolute atomic E-state index is 9.55. The van der Waals surface area contributed by atoms with Crippen LogP contribution < -0.4 is 5.32 Å². The predicted molar refractivity (Wildman–Crippen MR) is 62.2 cm³/mol. The molecule has 0 aromatic carbocycles. The Hall–Kier alpha value is -0.910. The molecule has 16 heavy (non-hydrogen) atoms. The summed E-state index contributed by atoms with van der Waals surface area (Å²) < 4.78 is 7.13. The van der Waals surface area contributed by atoms with Crippen LogP contribution >= 0.6 is 0 Å². The highest BCUT2D eigenvalue weighted by molar-refractivity contribution is 4.76. The molecule has 2 N–H and O–H groups in total. The van der Waals surface area contributed by atoms with Crippen molar-refractivity contribution < 1.29 is 9.84 Å². The minimum Gasteiger partial charge on any atom is -0.389 e. The molecule has 0 fully saturated rings. The molecule has 0 amide bonds. The first-order valence-electron chi connectivity index (χ1n) is 5.67. The van der Waals surface area contributed by atoms with Gasteiger partial charge in [0.2, 0.25) is 0 Å². The van der Waals surface area contributed by atoms with Crippen molar-refractivity contribution in [1.29, 1.82) is 0 Å². The fourth-order valence-electron chi connectivity index (χ4n) is 1.43. The van der Waals surface area contributed by atoms with Gasteiger partial charge in [-0.25, -0.2) is 4.98 Å². The Morgan fingerprint density at radius 2 is 2.38 bits per heavy atom. The van der Waals surface area contributed by atoms with Crippen molar-refractivity contribution in [3.05, 3.63) is 18.7 Å². The van der Waals surface area contributed by atoms with E-state index in [0.717, 1.165) is 6.54 Å². The van der Waals surface area contributed by atoms with Gasteiger partial charge < -0.3 is 19.7 Å². The standard InChI is InChI=1S/C11H21N3O2/c1-3-16-8-11(15)6-13-10(2)7-14-5-4-12-9-14/h4-5,9-11,13,15H,3,6-8H2,1-2H3. The molecule has 2 unspecified atom stereocenters. The van der Waals surface area contributed by atoms with Gasteiger partial charge in [0.15, 0.2) is 0 Å². The Labute approximate surface area is 96.4 Å². The van der Waals surface area contributed by atoms with Gasteiger partial charge in [0.05, 0.1) is 19.0 Å². The Bertz CT molecular complexity index is 264. The monoisotopic (exact) mass is 227 g/mol. The number of ether oxygens (including phenoxy) is 1. The van der Waals surface area contributed by atoms with Crippen molar-refractivity contribution in [2.24, 2.45) is 0 Å². The van der Waals surface area contributed by atoms with Gasteiger partial charge in [-0.15, -0.1) is 0 Å². The molecule has 92 valence electrons. The van der Waals surface area contributed by atoms with Gasteiger partial charge in [-0.1, -0.05) is 0 Å². The lowest BCUT2D eigenvalue weighted by molar-refractivity contribution is 0.0414. The van der Waals surface area contributed by atoms with E-state index in [2.05, 4.69) is 17.2 Å². The van der Waals surface area contributed by atoms with Crippen LogP contribution in [-0.2, 0) is 11.3 Å². The van der Waals surface area contributed by atoms with Gasteiger partial charge in [0.25, 0.3) is 0 Å². The fourth-order valence-corrected chi connectivity index (χ4v) is 1.43. The normalized spacial score (nSPS) is 14.9. The van der Waals surface area contributed by atoms with E-state index >= 15 is 0 Å². The molecular weight excluding hydrogens is 206 g/mol. The van der Waals surface area contributed by atoms with Gasteiger partial charge in [-0.3, -0.25) is 0 Å². The van der Waals surface area contributed by atoms with E-state index in [1.807, 2.05) is 17.7 Å². The van der Waals surface area contributed by atoms with Crippen LogP contribution in [0.1, 0.15) is 13.8 Å². The topological polar surface area (TPSA) is 59.3 Å². The maximum atomic E-state index is 9.55. The first-order valence-corrected chi connectivity index (χ1v) is 5.67. The van der Waals surface area contributed by atoms with Gasteiger partial charge >= 0.3 is 0 Å². The van der Waals surface area contributed by atoms with Gasteiger partial charge in [-0.2, -0.15) is 0 Å². The summed E-state index contributed by atoms with van der Waals surface area (Å²) in [7, 11) is 0. The highest BCUT2D eigenvalue weighted by atomic mass is 16.5. The predicted octanol–water partition coefficient (Wildman–Crippen LogP) is 0.259. The van der Waals surface area contributed by atoms with Crippen LogP contribution in [0.25, 0.3) is 0 Å². The van der Waals surface area contributed by atoms with Crippen molar-refractivity contribution in [2.45, 2.75) is 32.5 Å². The number of imidazole rings is 1. The Kier molecular flexibility index (Phi) is 6.07. The number of hydrogen-bond donors (Lipinski definition) is 2. The SMILES string of the molecule is CCOCC(O)CNC(C)Cn1ccnc1. The van der Waals surface area contributed by atoms with Crippen molar-refractivity contribution in [3.8, 4) is 0 Å². The molecule has 5 nitrogen and oxygen atoms in total. The zero-order chi connectivity index (χ0) is 11.8. The molecule has 1 aromatic rings. The van der Waals surface area contributed by atoms with Crippen molar-refractivity contribution in [2.75, 3.05) is 19.8 Å². The summed E-state index contributed by atoms with van der Waals surface area (Å²) in [5.74, 6) is 0. The first-order chi connectivity index (χ1) is 7.72. The quantitative estimate of drug-likeness (QED) is 0.669. The average Bonchev–Trinajstić information content (AvgIpc) is 2.76. The summed E-state index contributed by atoms with van der Waals surface area (Å²) >= 11 is 0. The molecule has 0 spiro atoms. The summed E-state index contributed by atoms with van der Waals surface area (Å²) in [5.41, 5.74) is 0. The molecule has 0 aliphatic rings. The second-order valence-corrected chi connectivity index (χ2v) is 3.88. The lowest BCUT2D eigenvalue weighted by Crippen LogP contribution is -2.38. The molecule has 0 bridgehead atoms. The Balaban J connectivity index is 2.12. The van der Waals surface area contributed by atoms with Crippen molar-refractivity contribution in [3.63, 3.8) is 0 Å². The zero-order valence-electron chi connectivity index (χ0n) is 9.97. The number of nitrogens with zero attached hydrogens (tertiary/aromatic N) is 2. The number of aliphatic hydroxyl groups excluding tert-OH is 1. The van der Waals surface area contributed by atoms with Crippen molar-refractivity contribution in [1.82, 2.24) is 14.9 Å². The van der Waals surface area contributed by atoms with Gasteiger partial charge in [0.1, 0.15) is 0 Å². The average molecular weight is 227 g/mol. The third kappa shape index (κ3) is 5.25. The minimum absolute atomic E-state index is 0.297. The molecule has 0 aliphatic carbocycles. The molecule has 5 heteroatoms. The number of aliphatic hydroxyl groups is 1. The van der Waals surface area contributed by atoms with E-state index in [-0.39, 0.29) is 0 Å². The molecule has 1 rings (SSSR count). The van der Waals surface area contributed by atoms with Crippen LogP contribution in [0.15, 0.2) is 18.7 Å². The highest BCUT2D eigenvalue weighted by Gasteiger charge is 2.07. The molecule has 1 aromatic heterocycles. The van der Waals surface area contributed by atoms with E-state index < -0.39 is 6.10 Å². The summed E-state index contributed by atoms with van der Waals surface area (Å²) in [6, 6.07) is 0.297. The first kappa shape index (κ1) is 13.2. The second-order valence-electron chi connectivity index (χ2n) is 3.88. The smallest absolute Gasteiger partial charge is 0.0946 e. The largest absolute Gasteiger partial charge is 0.389 e. The molecule has 0 radical (unpaired) electrons. The van der Waals surface area contributed by atoms with E-state index in [0.29, 0.717) is 25.8 Å². The van der Waals surface area contributed by atoms with E-state index in [9.17, 15) is 5.11 Å². The molecule has 1 heterocycles. The molecule has 2 atom stereocenters. The third-order valence-electron chi connectivity index (χ3n) is 2.26. The maximum Gasteiger partial charge on any atom is 0.0946 e. The van der Waals surface area contributed by atoms with Crippen LogP contribution in [0.3, 0.4) is 0 Å². The van der Waals surface area contributed by atoms with Gasteiger partial charge in [-0.05, 0) is 13.8 Å². The van der Waals surface area contributed by atoms with Crippen LogP contribution in [0.2, 0.25) is 0 Å². The van der Waals surface area contributed by atoms with Crippen LogP contribution in [-0.4, -0.2) is 46.6 Å². The van der Waals surface area contributed by atoms with E-state index in [4.69, 9.17) is 4.74 Å². The van der Waals surface area contributed by atoms with E-state index in [1.54, 1.807) is 12.5 Å². The van der Waals surface area contributed by atoms with Crippen LogP contribution in [0.5, 0.6) is 0 Å². The lowest BCUT2D eigenvalue weighted by atomic mass is 10.3. The molecule has 0 saturated heterocycles. The number of nitrogens with one attached hydrogen (secondary N) is 1. The Morgan fingerprint density at radius 1 is 1.56 bits per heavy atom. The minimum atomic E-state index is -0.440. The van der Waals surface area contributed by atoms with Crippen molar-refractivity contribution >= 4 is 0 Å². The van der Waals surface area contributed by atoms with Crippen LogP contribution in [0, 0.1) is 0 Å². The molecular formula is C11H21N3O2. The summed E-state index contributed by atoms with van der Waals surface area (Å²) in [5, 5.41) is 12.8.